The molecule has 122 valence electrons. The molecule has 23 heavy (non-hydrogen) atoms. The van der Waals surface area contributed by atoms with E-state index in [0.717, 1.165) is 6.92 Å². The lowest BCUT2D eigenvalue weighted by Gasteiger charge is -1.96. The lowest BCUT2D eigenvalue weighted by Crippen LogP contribution is -2.00. The van der Waals surface area contributed by atoms with Crippen molar-refractivity contribution in [1.82, 2.24) is 0 Å². The zero-order valence-electron chi connectivity index (χ0n) is 12.3. The van der Waals surface area contributed by atoms with Gasteiger partial charge in [-0.3, -0.25) is 4.79 Å². The molecule has 0 unspecified atom stereocenters. The van der Waals surface area contributed by atoms with Gasteiger partial charge < -0.3 is 21.1 Å². The lowest BCUT2D eigenvalue weighted by atomic mass is 10.2. The van der Waals surface area contributed by atoms with Gasteiger partial charge in [0.15, 0.2) is 0 Å². The number of aliphatic carboxylic acids is 1. The van der Waals surface area contributed by atoms with E-state index in [2.05, 4.69) is 0 Å². The van der Waals surface area contributed by atoms with Crippen molar-refractivity contribution in [2.75, 3.05) is 5.73 Å². The number of hydrogen-bond acceptors (Lipinski definition) is 4. The Balaban J connectivity index is 0.000000345. The maximum atomic E-state index is 10.3. The van der Waals surface area contributed by atoms with E-state index in [-0.39, 0.29) is 5.56 Å². The molecule has 0 saturated heterocycles. The molecule has 0 aliphatic heterocycles. The van der Waals surface area contributed by atoms with Crippen molar-refractivity contribution < 1.29 is 29.7 Å². The van der Waals surface area contributed by atoms with E-state index in [1.807, 2.05) is 0 Å². The molecule has 0 spiro atoms. The van der Waals surface area contributed by atoms with Crippen molar-refractivity contribution in [3.05, 3.63) is 65.7 Å². The fourth-order valence-electron chi connectivity index (χ4n) is 1.27. The molecule has 5 N–H and O–H groups in total. The number of aromatic carboxylic acids is 2. The van der Waals surface area contributed by atoms with Gasteiger partial charge >= 0.3 is 11.9 Å². The molecule has 0 aliphatic rings. The fourth-order valence-corrected chi connectivity index (χ4v) is 1.27. The molecule has 0 heterocycles. The van der Waals surface area contributed by atoms with E-state index in [1.165, 1.54) is 6.07 Å². The molecule has 2 aromatic rings. The molecule has 7 nitrogen and oxygen atoms in total. The van der Waals surface area contributed by atoms with Crippen LogP contribution in [-0.4, -0.2) is 33.2 Å². The van der Waals surface area contributed by atoms with Gasteiger partial charge in [0, 0.05) is 12.6 Å². The summed E-state index contributed by atoms with van der Waals surface area (Å²) in [6.07, 6.45) is 0. The molecule has 0 saturated carbocycles. The Labute approximate surface area is 132 Å². The maximum Gasteiger partial charge on any atom is 0.337 e. The van der Waals surface area contributed by atoms with E-state index in [1.54, 1.807) is 48.5 Å². The molecule has 0 aliphatic carbocycles. The summed E-state index contributed by atoms with van der Waals surface area (Å²) in [5.74, 6) is -2.70. The van der Waals surface area contributed by atoms with Crippen LogP contribution in [0.15, 0.2) is 54.6 Å². The van der Waals surface area contributed by atoms with Gasteiger partial charge in [-0.1, -0.05) is 30.3 Å². The molecule has 0 fully saturated rings. The summed E-state index contributed by atoms with van der Waals surface area (Å²) in [5.41, 5.74) is 6.13. The molecule has 7 heteroatoms. The Morgan fingerprint density at radius 1 is 0.783 bits per heavy atom. The number of nitrogens with two attached hydrogens (primary N) is 1. The highest BCUT2D eigenvalue weighted by Crippen LogP contribution is 2.09. The standard InChI is InChI=1S/C7H7NO2.C7H6O2.C2H4O2/c8-6-4-2-1-3-5(6)7(9)10;8-7(9)6-4-2-1-3-5-6;1-2(3)4/h1-4H,8H2,(H,9,10);1-5H,(H,8,9);1H3,(H,3,4). The molecule has 0 bridgehead atoms. The molecule has 0 aromatic heterocycles. The normalized spacial score (nSPS) is 8.57. The predicted molar refractivity (Wildman–Crippen MR) is 84.5 cm³/mol. The zero-order valence-corrected chi connectivity index (χ0v) is 12.3. The third-order valence-corrected chi connectivity index (χ3v) is 2.21. The quantitative estimate of drug-likeness (QED) is 0.623. The third-order valence-electron chi connectivity index (χ3n) is 2.21. The Kier molecular flexibility index (Phi) is 8.87. The van der Waals surface area contributed by atoms with Gasteiger partial charge in [-0.2, -0.15) is 0 Å². The number of nitrogen functional groups attached to an aromatic ring is 1. The summed E-state index contributed by atoms with van der Waals surface area (Å²) in [6, 6.07) is 14.7. The van der Waals surface area contributed by atoms with Gasteiger partial charge in [0.1, 0.15) is 0 Å². The number of rotatable bonds is 2. The number of carboxylic acid groups (broad SMARTS) is 3. The molecular weight excluding hydrogens is 302 g/mol. The molecular formula is C16H17NO6. The first kappa shape index (κ1) is 19.7. The van der Waals surface area contributed by atoms with Crippen LogP contribution in [0.4, 0.5) is 5.69 Å². The van der Waals surface area contributed by atoms with Crippen LogP contribution in [0.2, 0.25) is 0 Å². The lowest BCUT2D eigenvalue weighted by molar-refractivity contribution is -0.134. The fraction of sp³-hybridized carbons (Fsp3) is 0.0625. The van der Waals surface area contributed by atoms with Crippen molar-refractivity contribution in [3.63, 3.8) is 0 Å². The Bertz CT molecular complexity index is 651. The second-order valence-corrected chi connectivity index (χ2v) is 4.08. The topological polar surface area (TPSA) is 138 Å². The van der Waals surface area contributed by atoms with Crippen molar-refractivity contribution in [2.24, 2.45) is 0 Å². The minimum Gasteiger partial charge on any atom is -0.481 e. The zero-order chi connectivity index (χ0) is 17.8. The second-order valence-electron chi connectivity index (χ2n) is 4.08. The summed E-state index contributed by atoms with van der Waals surface area (Å²) in [7, 11) is 0. The molecule has 0 amide bonds. The Hall–Kier alpha value is -3.35. The van der Waals surface area contributed by atoms with Crippen molar-refractivity contribution in [1.29, 1.82) is 0 Å². The predicted octanol–water partition coefficient (Wildman–Crippen LogP) is 2.44. The molecule has 2 aromatic carbocycles. The van der Waals surface area contributed by atoms with Crippen molar-refractivity contribution in [2.45, 2.75) is 6.92 Å². The van der Waals surface area contributed by atoms with E-state index in [9.17, 15) is 9.59 Å². The summed E-state index contributed by atoms with van der Waals surface area (Å²) >= 11 is 0. The van der Waals surface area contributed by atoms with Gasteiger partial charge in [0.2, 0.25) is 0 Å². The van der Waals surface area contributed by atoms with Gasteiger partial charge in [-0.25, -0.2) is 9.59 Å². The highest BCUT2D eigenvalue weighted by Gasteiger charge is 2.03. The number of hydrogen-bond donors (Lipinski definition) is 4. The molecule has 0 radical (unpaired) electrons. The number of benzene rings is 2. The molecule has 0 atom stereocenters. The largest absolute Gasteiger partial charge is 0.481 e. The minimum atomic E-state index is -0.988. The van der Waals surface area contributed by atoms with Gasteiger partial charge in [-0.15, -0.1) is 0 Å². The average molecular weight is 319 g/mol. The van der Waals surface area contributed by atoms with Crippen LogP contribution in [0.25, 0.3) is 0 Å². The van der Waals surface area contributed by atoms with Crippen LogP contribution >= 0.6 is 0 Å². The summed E-state index contributed by atoms with van der Waals surface area (Å²) in [4.78, 5) is 29.5. The van der Waals surface area contributed by atoms with E-state index >= 15 is 0 Å². The second kappa shape index (κ2) is 10.4. The van der Waals surface area contributed by atoms with Gasteiger partial charge in [-0.05, 0) is 24.3 Å². The monoisotopic (exact) mass is 319 g/mol. The van der Waals surface area contributed by atoms with E-state index in [4.69, 9.17) is 25.8 Å². The van der Waals surface area contributed by atoms with Crippen LogP contribution in [0.1, 0.15) is 27.6 Å². The number of para-hydroxylation sites is 1. The smallest absolute Gasteiger partial charge is 0.337 e. The first-order valence-corrected chi connectivity index (χ1v) is 6.31. The van der Waals surface area contributed by atoms with Crippen LogP contribution in [0.3, 0.4) is 0 Å². The van der Waals surface area contributed by atoms with Crippen molar-refractivity contribution >= 4 is 23.6 Å². The summed E-state index contributed by atoms with van der Waals surface area (Å²) in [5, 5.41) is 24.3. The van der Waals surface area contributed by atoms with Crippen LogP contribution in [0, 0.1) is 0 Å². The first-order valence-electron chi connectivity index (χ1n) is 6.31. The SMILES string of the molecule is CC(=O)O.Nc1ccccc1C(=O)O.O=C(O)c1ccccc1. The first-order chi connectivity index (χ1) is 10.8. The Morgan fingerprint density at radius 2 is 1.22 bits per heavy atom. The Morgan fingerprint density at radius 3 is 1.52 bits per heavy atom. The minimum absolute atomic E-state index is 0.155. The van der Waals surface area contributed by atoms with E-state index < -0.39 is 17.9 Å². The maximum absolute atomic E-state index is 10.3. The number of anilines is 1. The van der Waals surface area contributed by atoms with Crippen LogP contribution in [-0.2, 0) is 4.79 Å². The van der Waals surface area contributed by atoms with E-state index in [0.29, 0.717) is 11.3 Å². The van der Waals surface area contributed by atoms with Crippen molar-refractivity contribution in [3.8, 4) is 0 Å². The third kappa shape index (κ3) is 9.24. The van der Waals surface area contributed by atoms with Crippen LogP contribution in [0.5, 0.6) is 0 Å². The van der Waals surface area contributed by atoms with Gasteiger partial charge in [0.25, 0.3) is 5.97 Å². The number of carboxylic acids is 3. The summed E-state index contributed by atoms with van der Waals surface area (Å²) in [6.45, 7) is 1.08. The van der Waals surface area contributed by atoms with Crippen LogP contribution < -0.4 is 5.73 Å². The number of carbonyl (C=O) groups is 3. The highest BCUT2D eigenvalue weighted by molar-refractivity contribution is 5.93. The average Bonchev–Trinajstić information content (AvgIpc) is 2.48. The van der Waals surface area contributed by atoms with Gasteiger partial charge in [0.05, 0.1) is 11.1 Å². The summed E-state index contributed by atoms with van der Waals surface area (Å²) < 4.78 is 0. The molecule has 2 rings (SSSR count). The highest BCUT2D eigenvalue weighted by atomic mass is 16.4.